The van der Waals surface area contributed by atoms with Crippen molar-refractivity contribution in [3.8, 4) is 17.2 Å². The van der Waals surface area contributed by atoms with Crippen molar-refractivity contribution in [2.45, 2.75) is 19.9 Å². The average molecular weight is 541 g/mol. The zero-order chi connectivity index (χ0) is 28.1. The van der Waals surface area contributed by atoms with Crippen molar-refractivity contribution in [1.29, 1.82) is 0 Å². The number of hydrogen-bond acceptors (Lipinski definition) is 5. The van der Waals surface area contributed by atoms with Gasteiger partial charge in [0.25, 0.3) is 0 Å². The van der Waals surface area contributed by atoms with Crippen molar-refractivity contribution in [2.24, 2.45) is 0 Å². The van der Waals surface area contributed by atoms with Gasteiger partial charge in [-0.15, -0.1) is 0 Å². The fraction of sp³-hybridized carbons (Fsp3) is 0.125. The first-order valence-electron chi connectivity index (χ1n) is 12.7. The molecule has 0 radical (unpaired) electrons. The Balaban J connectivity index is 1.32. The second kappa shape index (κ2) is 11.8. The predicted molar refractivity (Wildman–Crippen MR) is 148 cm³/mol. The van der Waals surface area contributed by atoms with Gasteiger partial charge in [0.15, 0.2) is 11.6 Å². The molecule has 1 heterocycles. The summed E-state index contributed by atoms with van der Waals surface area (Å²) in [5.74, 6) is -1.10. The van der Waals surface area contributed by atoms with E-state index in [0.29, 0.717) is 41.6 Å². The summed E-state index contributed by atoms with van der Waals surface area (Å²) >= 11 is 0. The number of aromatic nitrogens is 1. The molecule has 202 valence electrons. The molecule has 40 heavy (non-hydrogen) atoms. The van der Waals surface area contributed by atoms with Gasteiger partial charge < -0.3 is 19.2 Å². The van der Waals surface area contributed by atoms with E-state index in [4.69, 9.17) is 9.15 Å². The smallest absolute Gasteiger partial charge is 0.336 e. The van der Waals surface area contributed by atoms with E-state index < -0.39 is 17.6 Å². The van der Waals surface area contributed by atoms with Gasteiger partial charge in [-0.25, -0.2) is 18.6 Å². The van der Waals surface area contributed by atoms with Crippen LogP contribution in [0.4, 0.5) is 20.2 Å². The number of carbonyl (C=O) groups is 1. The maximum absolute atomic E-state index is 14.1. The van der Waals surface area contributed by atoms with Crippen molar-refractivity contribution in [2.75, 3.05) is 11.5 Å². The summed E-state index contributed by atoms with van der Waals surface area (Å²) in [7, 11) is 0. The maximum atomic E-state index is 14.1. The summed E-state index contributed by atoms with van der Waals surface area (Å²) in [6.07, 6.45) is 0.552. The van der Waals surface area contributed by atoms with E-state index >= 15 is 0 Å². The fourth-order valence-corrected chi connectivity index (χ4v) is 4.37. The molecule has 0 aliphatic carbocycles. The van der Waals surface area contributed by atoms with Gasteiger partial charge in [0.2, 0.25) is 5.89 Å². The molecule has 0 saturated heterocycles. The molecule has 0 atom stereocenters. The van der Waals surface area contributed by atoms with Crippen LogP contribution in [-0.2, 0) is 13.0 Å². The third-order valence-corrected chi connectivity index (χ3v) is 6.46. The van der Waals surface area contributed by atoms with Crippen molar-refractivity contribution < 1.29 is 27.8 Å². The molecule has 8 heteroatoms. The molecule has 0 aliphatic rings. The molecule has 1 aromatic heterocycles. The molecule has 1 N–H and O–H groups in total. The third kappa shape index (κ3) is 6.02. The minimum absolute atomic E-state index is 0.128. The van der Waals surface area contributed by atoms with Crippen LogP contribution < -0.4 is 9.64 Å². The highest BCUT2D eigenvalue weighted by Crippen LogP contribution is 2.31. The molecule has 4 aromatic carbocycles. The van der Waals surface area contributed by atoms with Crippen LogP contribution in [0, 0.1) is 18.6 Å². The van der Waals surface area contributed by atoms with E-state index in [2.05, 4.69) is 4.98 Å². The lowest BCUT2D eigenvalue weighted by molar-refractivity contribution is 0.0695. The Kier molecular flexibility index (Phi) is 7.87. The van der Waals surface area contributed by atoms with E-state index in [-0.39, 0.29) is 12.1 Å². The Morgan fingerprint density at radius 1 is 0.900 bits per heavy atom. The van der Waals surface area contributed by atoms with E-state index in [1.807, 2.05) is 37.3 Å². The van der Waals surface area contributed by atoms with Crippen LogP contribution in [0.25, 0.3) is 11.5 Å². The van der Waals surface area contributed by atoms with E-state index in [9.17, 15) is 18.7 Å². The average Bonchev–Trinajstić information content (AvgIpc) is 3.34. The number of carboxylic acids is 1. The second-order valence-corrected chi connectivity index (χ2v) is 9.13. The quantitative estimate of drug-likeness (QED) is 0.197. The van der Waals surface area contributed by atoms with Crippen LogP contribution in [-0.4, -0.2) is 22.7 Å². The Morgan fingerprint density at radius 3 is 2.33 bits per heavy atom. The molecule has 0 fully saturated rings. The number of benzene rings is 4. The highest BCUT2D eigenvalue weighted by Gasteiger charge is 2.17. The van der Waals surface area contributed by atoms with Crippen LogP contribution in [0.2, 0.25) is 0 Å². The summed E-state index contributed by atoms with van der Waals surface area (Å²) in [4.78, 5) is 18.1. The normalized spacial score (nSPS) is 10.9. The highest BCUT2D eigenvalue weighted by atomic mass is 19.2. The predicted octanol–water partition coefficient (Wildman–Crippen LogP) is 7.59. The van der Waals surface area contributed by atoms with Gasteiger partial charge in [0.05, 0.1) is 17.9 Å². The first kappa shape index (κ1) is 26.6. The number of anilines is 2. The van der Waals surface area contributed by atoms with Crippen LogP contribution in [0.15, 0.2) is 101 Å². The molecule has 0 aliphatic heterocycles. The first-order valence-corrected chi connectivity index (χ1v) is 12.7. The van der Waals surface area contributed by atoms with Gasteiger partial charge >= 0.3 is 5.97 Å². The van der Waals surface area contributed by atoms with Crippen molar-refractivity contribution in [3.63, 3.8) is 0 Å². The molecule has 0 spiro atoms. The number of ether oxygens (including phenoxy) is 1. The van der Waals surface area contributed by atoms with Crippen LogP contribution >= 0.6 is 0 Å². The van der Waals surface area contributed by atoms with Crippen LogP contribution in [0.3, 0.4) is 0 Å². The van der Waals surface area contributed by atoms with Crippen molar-refractivity contribution >= 4 is 17.3 Å². The topological polar surface area (TPSA) is 75.8 Å². The minimum Gasteiger partial charge on any atom is -0.493 e. The number of carboxylic acid groups (broad SMARTS) is 1. The Hall–Kier alpha value is -4.98. The summed E-state index contributed by atoms with van der Waals surface area (Å²) in [5.41, 5.74) is 3.41. The van der Waals surface area contributed by atoms with Crippen LogP contribution in [0.1, 0.15) is 27.4 Å². The van der Waals surface area contributed by atoms with Gasteiger partial charge in [-0.2, -0.15) is 0 Å². The summed E-state index contributed by atoms with van der Waals surface area (Å²) in [6, 6.07) is 27.0. The number of aromatic carboxylic acids is 1. The molecule has 0 unspecified atom stereocenters. The number of rotatable bonds is 10. The van der Waals surface area contributed by atoms with Crippen molar-refractivity contribution in [3.05, 3.63) is 131 Å². The molecule has 0 saturated carbocycles. The minimum atomic E-state index is -1.07. The van der Waals surface area contributed by atoms with E-state index in [1.165, 1.54) is 12.1 Å². The van der Waals surface area contributed by atoms with Gasteiger partial charge in [-0.05, 0) is 67.1 Å². The Morgan fingerprint density at radius 2 is 1.60 bits per heavy atom. The number of nitrogens with zero attached hydrogens (tertiary/aromatic N) is 2. The van der Waals surface area contributed by atoms with E-state index in [1.54, 1.807) is 47.4 Å². The Bertz CT molecular complexity index is 1620. The molecule has 5 rings (SSSR count). The largest absolute Gasteiger partial charge is 0.493 e. The lowest BCUT2D eigenvalue weighted by atomic mass is 10.1. The zero-order valence-electron chi connectivity index (χ0n) is 21.7. The fourth-order valence-electron chi connectivity index (χ4n) is 4.37. The monoisotopic (exact) mass is 540 g/mol. The van der Waals surface area contributed by atoms with Gasteiger partial charge in [0, 0.05) is 36.0 Å². The summed E-state index contributed by atoms with van der Waals surface area (Å²) in [6.45, 7) is 2.38. The summed E-state index contributed by atoms with van der Waals surface area (Å²) < 4.78 is 39.6. The SMILES string of the molecule is Cc1oc(-c2ccccc2)nc1CCOc1ccc(N(Cc2ccccc2C(=O)O)c2ccc(F)c(F)c2)cc1. The van der Waals surface area contributed by atoms with Gasteiger partial charge in [-0.3, -0.25) is 0 Å². The van der Waals surface area contributed by atoms with Gasteiger partial charge in [-0.1, -0.05) is 36.4 Å². The number of hydrogen-bond donors (Lipinski definition) is 1. The highest BCUT2D eigenvalue weighted by molar-refractivity contribution is 5.89. The lowest BCUT2D eigenvalue weighted by Gasteiger charge is -2.26. The second-order valence-electron chi connectivity index (χ2n) is 9.13. The number of aryl methyl sites for hydroxylation is 1. The Labute approximate surface area is 230 Å². The molecular formula is C32H26F2N2O4. The van der Waals surface area contributed by atoms with Crippen molar-refractivity contribution in [1.82, 2.24) is 4.98 Å². The molecular weight excluding hydrogens is 514 g/mol. The molecule has 5 aromatic rings. The number of oxazole rings is 1. The third-order valence-electron chi connectivity index (χ3n) is 6.46. The van der Waals surface area contributed by atoms with Crippen LogP contribution in [0.5, 0.6) is 5.75 Å². The summed E-state index contributed by atoms with van der Waals surface area (Å²) in [5, 5.41) is 9.62. The number of halogens is 2. The first-order chi connectivity index (χ1) is 19.4. The van der Waals surface area contributed by atoms with Gasteiger partial charge in [0.1, 0.15) is 11.5 Å². The standard InChI is InChI=1S/C32H26F2N2O4/c1-21-30(35-31(40-21)22-7-3-2-4-8-22)17-18-39-26-14-11-24(12-15-26)36(25-13-16-28(33)29(34)19-25)20-23-9-5-6-10-27(23)32(37)38/h2-16,19H,17-18,20H2,1H3,(H,37,38). The molecule has 0 bridgehead atoms. The lowest BCUT2D eigenvalue weighted by Crippen LogP contribution is -2.19. The molecule has 6 nitrogen and oxygen atoms in total. The molecule has 0 amide bonds. The zero-order valence-corrected chi connectivity index (χ0v) is 21.7. The maximum Gasteiger partial charge on any atom is 0.336 e. The van der Waals surface area contributed by atoms with E-state index in [0.717, 1.165) is 29.2 Å².